The third-order valence-corrected chi connectivity index (χ3v) is 2.35. The highest BCUT2D eigenvalue weighted by molar-refractivity contribution is 5.95. The second-order valence-electron chi connectivity index (χ2n) is 3.33. The van der Waals surface area contributed by atoms with Crippen molar-refractivity contribution < 1.29 is 18.7 Å². The normalized spacial score (nSPS) is 10.6. The molecule has 0 atom stereocenters. The summed E-state index contributed by atoms with van der Waals surface area (Å²) in [5.41, 5.74) is 1.62. The molecule has 84 valence electrons. The van der Waals surface area contributed by atoms with Gasteiger partial charge in [0.2, 0.25) is 0 Å². The van der Waals surface area contributed by atoms with E-state index in [0.29, 0.717) is 29.7 Å². The second kappa shape index (κ2) is 3.84. The molecule has 0 saturated heterocycles. The van der Waals surface area contributed by atoms with Crippen LogP contribution in [0.4, 0.5) is 0 Å². The monoisotopic (exact) mass is 221 g/mol. The van der Waals surface area contributed by atoms with Crippen LogP contribution in [0.5, 0.6) is 0 Å². The maximum Gasteiger partial charge on any atom is 0.355 e. The van der Waals surface area contributed by atoms with Gasteiger partial charge in [-0.15, -0.1) is 0 Å². The van der Waals surface area contributed by atoms with Gasteiger partial charge in [0.25, 0.3) is 0 Å². The van der Waals surface area contributed by atoms with Crippen molar-refractivity contribution in [2.24, 2.45) is 7.05 Å². The SMILES string of the molecule is CCOC(=O)c1cc2oc(C=O)cc2n1C. The molecule has 0 bridgehead atoms. The van der Waals surface area contributed by atoms with Gasteiger partial charge in [-0.2, -0.15) is 0 Å². The smallest absolute Gasteiger partial charge is 0.355 e. The topological polar surface area (TPSA) is 61.4 Å². The Morgan fingerprint density at radius 2 is 2.31 bits per heavy atom. The average Bonchev–Trinajstić information content (AvgIpc) is 2.79. The van der Waals surface area contributed by atoms with Gasteiger partial charge in [0, 0.05) is 19.2 Å². The first-order valence-electron chi connectivity index (χ1n) is 4.89. The van der Waals surface area contributed by atoms with E-state index in [4.69, 9.17) is 9.15 Å². The van der Waals surface area contributed by atoms with Crippen molar-refractivity contribution in [3.63, 3.8) is 0 Å². The van der Waals surface area contributed by atoms with Crippen LogP contribution in [0, 0.1) is 0 Å². The minimum Gasteiger partial charge on any atom is -0.461 e. The van der Waals surface area contributed by atoms with Gasteiger partial charge in [-0.1, -0.05) is 0 Å². The fourth-order valence-corrected chi connectivity index (χ4v) is 1.59. The Kier molecular flexibility index (Phi) is 2.52. The molecular formula is C11H11NO4. The Labute approximate surface area is 91.6 Å². The summed E-state index contributed by atoms with van der Waals surface area (Å²) in [5.74, 6) is -0.153. The van der Waals surface area contributed by atoms with E-state index in [9.17, 15) is 9.59 Å². The summed E-state index contributed by atoms with van der Waals surface area (Å²) in [5, 5.41) is 0. The third kappa shape index (κ3) is 1.50. The van der Waals surface area contributed by atoms with Crippen molar-refractivity contribution in [3.05, 3.63) is 23.6 Å². The zero-order valence-corrected chi connectivity index (χ0v) is 9.02. The number of hydrogen-bond donors (Lipinski definition) is 0. The first-order valence-corrected chi connectivity index (χ1v) is 4.89. The molecule has 0 aromatic carbocycles. The predicted octanol–water partition coefficient (Wildman–Crippen LogP) is 1.76. The number of rotatable bonds is 3. The predicted molar refractivity (Wildman–Crippen MR) is 56.5 cm³/mol. The summed E-state index contributed by atoms with van der Waals surface area (Å²) in [6, 6.07) is 3.16. The van der Waals surface area contributed by atoms with Gasteiger partial charge >= 0.3 is 5.97 Å². The van der Waals surface area contributed by atoms with Crippen LogP contribution in [0.2, 0.25) is 0 Å². The van der Waals surface area contributed by atoms with E-state index in [1.807, 2.05) is 0 Å². The van der Waals surface area contributed by atoms with Crippen LogP contribution in [0.25, 0.3) is 11.1 Å². The molecule has 0 radical (unpaired) electrons. The molecule has 5 nitrogen and oxygen atoms in total. The minimum atomic E-state index is -0.399. The second-order valence-corrected chi connectivity index (χ2v) is 3.33. The first-order chi connectivity index (χ1) is 7.67. The zero-order chi connectivity index (χ0) is 11.7. The fraction of sp³-hybridized carbons (Fsp3) is 0.273. The molecule has 2 heterocycles. The van der Waals surface area contributed by atoms with Crippen LogP contribution in [0.1, 0.15) is 28.0 Å². The standard InChI is InChI=1S/C11H11NO4/c1-3-15-11(14)9-5-10-8(12(9)2)4-7(6-13)16-10/h4-6H,3H2,1-2H3. The molecule has 2 rings (SSSR count). The van der Waals surface area contributed by atoms with Crippen molar-refractivity contribution in [1.82, 2.24) is 4.57 Å². The summed E-state index contributed by atoms with van der Waals surface area (Å²) >= 11 is 0. The maximum absolute atomic E-state index is 11.5. The molecule has 0 unspecified atom stereocenters. The van der Waals surface area contributed by atoms with Crippen LogP contribution in [0.15, 0.2) is 16.5 Å². The summed E-state index contributed by atoms with van der Waals surface area (Å²) in [6.45, 7) is 2.07. The number of carbonyl (C=O) groups excluding carboxylic acids is 2. The van der Waals surface area contributed by atoms with E-state index in [2.05, 4.69) is 0 Å². The Bertz CT molecular complexity index is 550. The highest BCUT2D eigenvalue weighted by atomic mass is 16.5. The number of ether oxygens (including phenoxy) is 1. The summed E-state index contributed by atoms with van der Waals surface area (Å²) in [7, 11) is 1.72. The molecule has 0 aliphatic rings. The van der Waals surface area contributed by atoms with E-state index >= 15 is 0 Å². The molecule has 0 amide bonds. The van der Waals surface area contributed by atoms with Gasteiger partial charge in [-0.3, -0.25) is 4.79 Å². The van der Waals surface area contributed by atoms with E-state index in [0.717, 1.165) is 0 Å². The molecule has 16 heavy (non-hydrogen) atoms. The molecule has 2 aromatic rings. The lowest BCUT2D eigenvalue weighted by Gasteiger charge is -2.02. The lowest BCUT2D eigenvalue weighted by Crippen LogP contribution is -2.09. The van der Waals surface area contributed by atoms with Gasteiger partial charge in [-0.25, -0.2) is 4.79 Å². The highest BCUT2D eigenvalue weighted by Gasteiger charge is 2.17. The van der Waals surface area contributed by atoms with Gasteiger partial charge < -0.3 is 13.7 Å². The maximum atomic E-state index is 11.5. The molecular weight excluding hydrogens is 210 g/mol. The minimum absolute atomic E-state index is 0.246. The van der Waals surface area contributed by atoms with Crippen molar-refractivity contribution in [2.45, 2.75) is 6.92 Å². The largest absolute Gasteiger partial charge is 0.461 e. The molecule has 0 saturated carbocycles. The van der Waals surface area contributed by atoms with Gasteiger partial charge in [0.15, 0.2) is 17.6 Å². The van der Waals surface area contributed by atoms with Crippen LogP contribution in [-0.2, 0) is 11.8 Å². The molecule has 5 heteroatoms. The van der Waals surface area contributed by atoms with Crippen molar-refractivity contribution >= 4 is 23.4 Å². The Morgan fingerprint density at radius 1 is 1.56 bits per heavy atom. The number of aromatic nitrogens is 1. The zero-order valence-electron chi connectivity index (χ0n) is 9.02. The number of carbonyl (C=O) groups is 2. The summed E-state index contributed by atoms with van der Waals surface area (Å²) in [6.07, 6.45) is 0.629. The highest BCUT2D eigenvalue weighted by Crippen LogP contribution is 2.22. The number of esters is 1. The molecule has 0 spiro atoms. The average molecular weight is 221 g/mol. The van der Waals surface area contributed by atoms with E-state index < -0.39 is 5.97 Å². The first kappa shape index (κ1) is 10.5. The third-order valence-electron chi connectivity index (χ3n) is 2.35. The molecule has 0 fully saturated rings. The fourth-order valence-electron chi connectivity index (χ4n) is 1.59. The lowest BCUT2D eigenvalue weighted by molar-refractivity contribution is 0.0515. The van der Waals surface area contributed by atoms with E-state index in [1.54, 1.807) is 30.7 Å². The Hall–Kier alpha value is -2.04. The Balaban J connectivity index is 2.49. The van der Waals surface area contributed by atoms with Crippen molar-refractivity contribution in [3.8, 4) is 0 Å². The number of aryl methyl sites for hydroxylation is 1. The van der Waals surface area contributed by atoms with Crippen molar-refractivity contribution in [2.75, 3.05) is 6.61 Å². The molecule has 2 aromatic heterocycles. The molecule has 0 aliphatic heterocycles. The molecule has 0 N–H and O–H groups in total. The van der Waals surface area contributed by atoms with E-state index in [-0.39, 0.29) is 5.76 Å². The van der Waals surface area contributed by atoms with Crippen LogP contribution >= 0.6 is 0 Å². The van der Waals surface area contributed by atoms with E-state index in [1.165, 1.54) is 0 Å². The molecule has 0 aliphatic carbocycles. The van der Waals surface area contributed by atoms with Gasteiger partial charge in [-0.05, 0) is 6.92 Å². The summed E-state index contributed by atoms with van der Waals surface area (Å²) in [4.78, 5) is 22.0. The van der Waals surface area contributed by atoms with Gasteiger partial charge in [0.1, 0.15) is 5.69 Å². The summed E-state index contributed by atoms with van der Waals surface area (Å²) < 4.78 is 11.7. The van der Waals surface area contributed by atoms with Crippen LogP contribution in [-0.4, -0.2) is 23.4 Å². The van der Waals surface area contributed by atoms with Crippen LogP contribution in [0.3, 0.4) is 0 Å². The number of aldehydes is 1. The number of hydrogen-bond acceptors (Lipinski definition) is 4. The van der Waals surface area contributed by atoms with Crippen molar-refractivity contribution in [1.29, 1.82) is 0 Å². The number of nitrogens with zero attached hydrogens (tertiary/aromatic N) is 1. The Morgan fingerprint density at radius 3 is 2.88 bits per heavy atom. The van der Waals surface area contributed by atoms with Crippen LogP contribution < -0.4 is 0 Å². The lowest BCUT2D eigenvalue weighted by atomic mass is 10.4. The van der Waals surface area contributed by atoms with Gasteiger partial charge in [0.05, 0.1) is 12.1 Å². The number of furan rings is 1. The number of fused-ring (bicyclic) bond motifs is 1. The quantitative estimate of drug-likeness (QED) is 0.585.